The van der Waals surface area contributed by atoms with E-state index in [0.29, 0.717) is 0 Å². The molecule has 0 aliphatic carbocycles. The van der Waals surface area contributed by atoms with Gasteiger partial charge in [-0.3, -0.25) is 4.79 Å². The predicted octanol–water partition coefficient (Wildman–Crippen LogP) is 2.00. The maximum Gasteiger partial charge on any atom is 0.256 e. The minimum Gasteiger partial charge on any atom is -0.335 e. The van der Waals surface area contributed by atoms with Crippen LogP contribution in [0.3, 0.4) is 0 Å². The van der Waals surface area contributed by atoms with Crippen LogP contribution in [0.4, 0.5) is 0 Å². The van der Waals surface area contributed by atoms with Crippen molar-refractivity contribution in [1.29, 1.82) is 0 Å². The number of nitrogens with one attached hydrogen (secondary N) is 1. The molecular formula is C17H22N4O. The average Bonchev–Trinajstić information content (AvgIpc) is 2.95. The van der Waals surface area contributed by atoms with Crippen LogP contribution in [0.1, 0.15) is 29.3 Å². The lowest BCUT2D eigenvalue weighted by Crippen LogP contribution is -2.40. The summed E-state index contributed by atoms with van der Waals surface area (Å²) in [6, 6.07) is 8.06. The summed E-state index contributed by atoms with van der Waals surface area (Å²) < 4.78 is 1.76. The van der Waals surface area contributed by atoms with E-state index in [0.717, 1.165) is 42.9 Å². The molecule has 1 atom stereocenters. The zero-order valence-electron chi connectivity index (χ0n) is 13.1. The first kappa shape index (κ1) is 14.8. The molecule has 1 fully saturated rings. The monoisotopic (exact) mass is 298 g/mol. The second-order valence-corrected chi connectivity index (χ2v) is 5.86. The summed E-state index contributed by atoms with van der Waals surface area (Å²) in [5.74, 6) is 0.0883. The van der Waals surface area contributed by atoms with Crippen molar-refractivity contribution in [3.63, 3.8) is 0 Å². The van der Waals surface area contributed by atoms with Gasteiger partial charge in [0.1, 0.15) is 0 Å². The van der Waals surface area contributed by atoms with Crippen molar-refractivity contribution >= 4 is 5.91 Å². The maximum atomic E-state index is 13.1. The molecule has 1 aromatic heterocycles. The van der Waals surface area contributed by atoms with Gasteiger partial charge in [-0.25, -0.2) is 4.68 Å². The first-order valence-electron chi connectivity index (χ1n) is 7.79. The molecule has 22 heavy (non-hydrogen) atoms. The Hall–Kier alpha value is -2.14. The lowest BCUT2D eigenvalue weighted by atomic mass is 10.1. The van der Waals surface area contributed by atoms with Crippen LogP contribution in [0.5, 0.6) is 0 Å². The molecule has 2 aromatic rings. The van der Waals surface area contributed by atoms with Gasteiger partial charge in [-0.2, -0.15) is 5.10 Å². The van der Waals surface area contributed by atoms with Crippen LogP contribution < -0.4 is 5.32 Å². The van der Waals surface area contributed by atoms with Crippen molar-refractivity contribution in [2.75, 3.05) is 19.6 Å². The van der Waals surface area contributed by atoms with Gasteiger partial charge in [0.25, 0.3) is 5.91 Å². The number of hydrogen-bond donors (Lipinski definition) is 1. The topological polar surface area (TPSA) is 50.2 Å². The fourth-order valence-corrected chi connectivity index (χ4v) is 2.90. The Labute approximate surface area is 130 Å². The second-order valence-electron chi connectivity index (χ2n) is 5.86. The van der Waals surface area contributed by atoms with Gasteiger partial charge in [0.05, 0.1) is 11.3 Å². The van der Waals surface area contributed by atoms with E-state index in [-0.39, 0.29) is 11.9 Å². The normalized spacial score (nSPS) is 19.0. The Morgan fingerprint density at radius 3 is 3.00 bits per heavy atom. The molecule has 0 spiro atoms. The lowest BCUT2D eigenvalue weighted by molar-refractivity contribution is 0.0704. The van der Waals surface area contributed by atoms with Gasteiger partial charge in [0, 0.05) is 31.5 Å². The molecule has 1 N–H and O–H groups in total. The highest BCUT2D eigenvalue weighted by Crippen LogP contribution is 2.20. The van der Waals surface area contributed by atoms with Crippen molar-refractivity contribution in [1.82, 2.24) is 20.0 Å². The van der Waals surface area contributed by atoms with E-state index in [2.05, 4.69) is 17.3 Å². The number of benzene rings is 1. The van der Waals surface area contributed by atoms with E-state index in [9.17, 15) is 4.79 Å². The molecule has 1 saturated heterocycles. The van der Waals surface area contributed by atoms with Gasteiger partial charge in [-0.05, 0) is 45.0 Å². The van der Waals surface area contributed by atoms with E-state index in [1.54, 1.807) is 10.9 Å². The van der Waals surface area contributed by atoms with Gasteiger partial charge < -0.3 is 10.2 Å². The van der Waals surface area contributed by atoms with Crippen molar-refractivity contribution in [3.05, 3.63) is 47.8 Å². The number of carbonyl (C=O) groups excluding carboxylic acids is 1. The van der Waals surface area contributed by atoms with Crippen LogP contribution >= 0.6 is 0 Å². The molecule has 1 aliphatic heterocycles. The molecule has 2 heterocycles. The summed E-state index contributed by atoms with van der Waals surface area (Å²) in [5, 5.41) is 7.63. The first-order chi connectivity index (χ1) is 10.7. The first-order valence-corrected chi connectivity index (χ1v) is 7.79. The molecule has 0 radical (unpaired) electrons. The smallest absolute Gasteiger partial charge is 0.256 e. The van der Waals surface area contributed by atoms with Gasteiger partial charge in [-0.15, -0.1) is 0 Å². The van der Waals surface area contributed by atoms with E-state index in [4.69, 9.17) is 0 Å². The third-order valence-electron chi connectivity index (χ3n) is 4.19. The highest BCUT2D eigenvalue weighted by molar-refractivity contribution is 5.98. The minimum absolute atomic E-state index is 0.0883. The van der Waals surface area contributed by atoms with Crippen LogP contribution in [-0.4, -0.2) is 46.3 Å². The molecule has 5 nitrogen and oxygen atoms in total. The summed E-state index contributed by atoms with van der Waals surface area (Å²) in [4.78, 5) is 15.1. The largest absolute Gasteiger partial charge is 0.335 e. The number of hydrogen-bond acceptors (Lipinski definition) is 3. The number of aryl methyl sites for hydroxylation is 1. The Kier molecular flexibility index (Phi) is 4.24. The Morgan fingerprint density at radius 1 is 1.36 bits per heavy atom. The third-order valence-corrected chi connectivity index (χ3v) is 4.19. The molecule has 1 amide bonds. The van der Waals surface area contributed by atoms with Gasteiger partial charge in [0.15, 0.2) is 0 Å². The molecule has 1 aromatic carbocycles. The van der Waals surface area contributed by atoms with Crippen molar-refractivity contribution < 1.29 is 4.79 Å². The Bertz CT molecular complexity index is 651. The summed E-state index contributed by atoms with van der Waals surface area (Å²) in [7, 11) is 0. The van der Waals surface area contributed by atoms with E-state index < -0.39 is 0 Å². The molecule has 5 heteroatoms. The Morgan fingerprint density at radius 2 is 2.23 bits per heavy atom. The van der Waals surface area contributed by atoms with Crippen molar-refractivity contribution in [2.45, 2.75) is 26.3 Å². The summed E-state index contributed by atoms with van der Waals surface area (Å²) >= 11 is 0. The number of carbonyl (C=O) groups is 1. The predicted molar refractivity (Wildman–Crippen MR) is 86.3 cm³/mol. The number of rotatable bonds is 2. The highest BCUT2D eigenvalue weighted by atomic mass is 16.2. The SMILES string of the molecule is Cc1ccc(-n2cccn2)c(C(=O)N2CCNCCC2C)c1. The fourth-order valence-electron chi connectivity index (χ4n) is 2.90. The van der Waals surface area contributed by atoms with Crippen LogP contribution in [0.2, 0.25) is 0 Å². The maximum absolute atomic E-state index is 13.1. The zero-order chi connectivity index (χ0) is 15.5. The van der Waals surface area contributed by atoms with Crippen LogP contribution in [0, 0.1) is 6.92 Å². The summed E-state index contributed by atoms with van der Waals surface area (Å²) in [6.07, 6.45) is 4.58. The van der Waals surface area contributed by atoms with E-state index in [1.807, 2.05) is 42.3 Å². The van der Waals surface area contributed by atoms with Crippen molar-refractivity contribution in [3.8, 4) is 5.69 Å². The Balaban J connectivity index is 1.99. The molecule has 0 saturated carbocycles. The standard InChI is InChI=1S/C17H22N4O/c1-13-4-5-16(21-10-3-7-19-21)15(12-13)17(22)20-11-9-18-8-6-14(20)2/h3-5,7,10,12,14,18H,6,8-9,11H2,1-2H3. The molecule has 0 bridgehead atoms. The summed E-state index contributed by atoms with van der Waals surface area (Å²) in [6.45, 7) is 6.68. The van der Waals surface area contributed by atoms with E-state index >= 15 is 0 Å². The third kappa shape index (κ3) is 2.90. The number of aromatic nitrogens is 2. The number of nitrogens with zero attached hydrogens (tertiary/aromatic N) is 3. The quantitative estimate of drug-likeness (QED) is 0.922. The lowest BCUT2D eigenvalue weighted by Gasteiger charge is -2.27. The second kappa shape index (κ2) is 6.32. The van der Waals surface area contributed by atoms with Gasteiger partial charge in [-0.1, -0.05) is 11.6 Å². The molecule has 1 unspecified atom stereocenters. The highest BCUT2D eigenvalue weighted by Gasteiger charge is 2.25. The molecule has 1 aliphatic rings. The molecule has 3 rings (SSSR count). The van der Waals surface area contributed by atoms with E-state index in [1.165, 1.54) is 0 Å². The van der Waals surface area contributed by atoms with Crippen LogP contribution in [0.25, 0.3) is 5.69 Å². The van der Waals surface area contributed by atoms with Crippen molar-refractivity contribution in [2.24, 2.45) is 0 Å². The molecular weight excluding hydrogens is 276 g/mol. The zero-order valence-corrected chi connectivity index (χ0v) is 13.1. The molecule has 116 valence electrons. The van der Waals surface area contributed by atoms with Crippen LogP contribution in [-0.2, 0) is 0 Å². The fraction of sp³-hybridized carbons (Fsp3) is 0.412. The number of amides is 1. The van der Waals surface area contributed by atoms with Crippen LogP contribution in [0.15, 0.2) is 36.7 Å². The minimum atomic E-state index is 0.0883. The van der Waals surface area contributed by atoms with Gasteiger partial charge in [0.2, 0.25) is 0 Å². The summed E-state index contributed by atoms with van der Waals surface area (Å²) in [5.41, 5.74) is 2.64. The van der Waals surface area contributed by atoms with Gasteiger partial charge >= 0.3 is 0 Å². The average molecular weight is 298 g/mol.